The van der Waals surface area contributed by atoms with Crippen molar-refractivity contribution >= 4 is 11.6 Å². The number of nitroso groups, excluding NO2 is 1. The molecule has 0 unspecified atom stereocenters. The van der Waals surface area contributed by atoms with E-state index in [4.69, 9.17) is 9.47 Å². The highest BCUT2D eigenvalue weighted by Crippen LogP contribution is 2.25. The van der Waals surface area contributed by atoms with Gasteiger partial charge in [0.25, 0.3) is 0 Å². The van der Waals surface area contributed by atoms with Gasteiger partial charge in [-0.3, -0.25) is 4.79 Å². The van der Waals surface area contributed by atoms with Crippen molar-refractivity contribution in [3.8, 4) is 5.75 Å². The molecule has 2 heterocycles. The van der Waals surface area contributed by atoms with Gasteiger partial charge >= 0.3 is 0 Å². The van der Waals surface area contributed by atoms with Crippen molar-refractivity contribution in [1.29, 1.82) is 0 Å². The second-order valence-corrected chi connectivity index (χ2v) is 6.12. The van der Waals surface area contributed by atoms with E-state index >= 15 is 0 Å². The van der Waals surface area contributed by atoms with Gasteiger partial charge in [-0.1, -0.05) is 6.07 Å². The zero-order chi connectivity index (χ0) is 16.1. The van der Waals surface area contributed by atoms with E-state index in [0.717, 1.165) is 38.8 Å². The van der Waals surface area contributed by atoms with Gasteiger partial charge in [0.2, 0.25) is 5.91 Å². The Morgan fingerprint density at radius 3 is 2.61 bits per heavy atom. The van der Waals surface area contributed by atoms with E-state index in [2.05, 4.69) is 5.18 Å². The maximum atomic E-state index is 12.5. The highest BCUT2D eigenvalue weighted by Gasteiger charge is 2.29. The first-order valence-corrected chi connectivity index (χ1v) is 8.23. The van der Waals surface area contributed by atoms with Crippen LogP contribution in [0.4, 0.5) is 5.69 Å². The fourth-order valence-corrected chi connectivity index (χ4v) is 3.20. The smallest absolute Gasteiger partial charge is 0.225 e. The maximum Gasteiger partial charge on any atom is 0.225 e. The van der Waals surface area contributed by atoms with Gasteiger partial charge < -0.3 is 14.4 Å². The molecule has 1 amide bonds. The molecule has 6 heteroatoms. The van der Waals surface area contributed by atoms with Gasteiger partial charge in [-0.25, -0.2) is 0 Å². The summed E-state index contributed by atoms with van der Waals surface area (Å²) in [5.74, 6) is 1.05. The number of amides is 1. The molecule has 124 valence electrons. The number of likely N-dealkylation sites (tertiary alicyclic amines) is 1. The summed E-state index contributed by atoms with van der Waals surface area (Å²) < 4.78 is 11.2. The fourth-order valence-electron chi connectivity index (χ4n) is 3.20. The van der Waals surface area contributed by atoms with Crippen molar-refractivity contribution in [2.45, 2.75) is 31.8 Å². The quantitative estimate of drug-likeness (QED) is 0.801. The molecule has 23 heavy (non-hydrogen) atoms. The minimum atomic E-state index is 0.0793. The highest BCUT2D eigenvalue weighted by molar-refractivity contribution is 5.79. The van der Waals surface area contributed by atoms with Crippen LogP contribution in [0, 0.1) is 10.8 Å². The third-order valence-electron chi connectivity index (χ3n) is 4.55. The predicted octanol–water partition coefficient (Wildman–Crippen LogP) is 2.88. The number of ether oxygens (including phenoxy) is 2. The predicted molar refractivity (Wildman–Crippen MR) is 85.7 cm³/mol. The standard InChI is InChI=1S/C17H22N2O4/c20-17(13-6-10-22-11-7-13)19-8-4-15(5-9-19)23-16-3-1-2-14(12-16)18-21/h1-3,12-13,15H,4-11H2. The minimum Gasteiger partial charge on any atom is -0.490 e. The summed E-state index contributed by atoms with van der Waals surface area (Å²) in [6.07, 6.45) is 3.37. The van der Waals surface area contributed by atoms with Crippen LogP contribution in [0.1, 0.15) is 25.7 Å². The van der Waals surface area contributed by atoms with Gasteiger partial charge in [-0.05, 0) is 30.2 Å². The number of carbonyl (C=O) groups excluding carboxylic acids is 1. The summed E-state index contributed by atoms with van der Waals surface area (Å²) in [6.45, 7) is 2.84. The molecule has 0 spiro atoms. The summed E-state index contributed by atoms with van der Waals surface area (Å²) in [7, 11) is 0. The molecule has 0 aromatic heterocycles. The Labute approximate surface area is 135 Å². The molecule has 0 aliphatic carbocycles. The van der Waals surface area contributed by atoms with E-state index < -0.39 is 0 Å². The molecule has 1 aromatic carbocycles. The van der Waals surface area contributed by atoms with Gasteiger partial charge in [0.15, 0.2) is 0 Å². The third kappa shape index (κ3) is 4.07. The summed E-state index contributed by atoms with van der Waals surface area (Å²) in [6, 6.07) is 6.88. The summed E-state index contributed by atoms with van der Waals surface area (Å²) in [4.78, 5) is 25.0. The summed E-state index contributed by atoms with van der Waals surface area (Å²) in [5.41, 5.74) is 0.370. The highest BCUT2D eigenvalue weighted by atomic mass is 16.5. The van der Waals surface area contributed by atoms with Crippen molar-refractivity contribution in [2.24, 2.45) is 11.1 Å². The molecule has 2 saturated heterocycles. The molecular weight excluding hydrogens is 296 g/mol. The van der Waals surface area contributed by atoms with Crippen LogP contribution in [0.15, 0.2) is 29.4 Å². The van der Waals surface area contributed by atoms with Crippen molar-refractivity contribution in [3.05, 3.63) is 29.2 Å². The van der Waals surface area contributed by atoms with Gasteiger partial charge in [0.1, 0.15) is 17.5 Å². The lowest BCUT2D eigenvalue weighted by Crippen LogP contribution is -2.45. The monoisotopic (exact) mass is 318 g/mol. The van der Waals surface area contributed by atoms with Crippen LogP contribution in [0.2, 0.25) is 0 Å². The van der Waals surface area contributed by atoms with Crippen LogP contribution in [0.5, 0.6) is 5.75 Å². The SMILES string of the molecule is O=Nc1cccc(OC2CCN(C(=O)C3CCOCC3)CC2)c1. The van der Waals surface area contributed by atoms with Gasteiger partial charge in [-0.2, -0.15) is 0 Å². The van der Waals surface area contributed by atoms with Crippen molar-refractivity contribution in [2.75, 3.05) is 26.3 Å². The Morgan fingerprint density at radius 2 is 1.91 bits per heavy atom. The molecule has 6 nitrogen and oxygen atoms in total. The molecule has 0 N–H and O–H groups in total. The number of hydrogen-bond donors (Lipinski definition) is 0. The van der Waals surface area contributed by atoms with E-state index in [-0.39, 0.29) is 17.9 Å². The van der Waals surface area contributed by atoms with Crippen LogP contribution in [0.25, 0.3) is 0 Å². The topological polar surface area (TPSA) is 68.2 Å². The molecule has 1 aromatic rings. The number of carbonyl (C=O) groups is 1. The van der Waals surface area contributed by atoms with Crippen molar-refractivity contribution in [1.82, 2.24) is 4.90 Å². The first-order valence-electron chi connectivity index (χ1n) is 8.23. The van der Waals surface area contributed by atoms with Crippen molar-refractivity contribution < 1.29 is 14.3 Å². The van der Waals surface area contributed by atoms with Crippen LogP contribution >= 0.6 is 0 Å². The van der Waals surface area contributed by atoms with Gasteiger partial charge in [-0.15, -0.1) is 4.91 Å². The van der Waals surface area contributed by atoms with Crippen LogP contribution in [-0.4, -0.2) is 43.2 Å². The lowest BCUT2D eigenvalue weighted by atomic mass is 9.97. The lowest BCUT2D eigenvalue weighted by molar-refractivity contribution is -0.140. The molecule has 0 bridgehead atoms. The van der Waals surface area contributed by atoms with E-state index in [1.165, 1.54) is 0 Å². The molecule has 0 saturated carbocycles. The Morgan fingerprint density at radius 1 is 1.17 bits per heavy atom. The second kappa shape index (κ2) is 7.55. The molecule has 0 atom stereocenters. The normalized spacial score (nSPS) is 20.3. The van der Waals surface area contributed by atoms with Crippen molar-refractivity contribution in [3.63, 3.8) is 0 Å². The van der Waals surface area contributed by atoms with Gasteiger partial charge in [0, 0.05) is 51.1 Å². The first-order chi connectivity index (χ1) is 11.3. The number of benzene rings is 1. The van der Waals surface area contributed by atoms with Crippen LogP contribution in [-0.2, 0) is 9.53 Å². The van der Waals surface area contributed by atoms with E-state index in [0.29, 0.717) is 24.7 Å². The van der Waals surface area contributed by atoms with Crippen LogP contribution < -0.4 is 4.74 Å². The Kier molecular flexibility index (Phi) is 5.23. The second-order valence-electron chi connectivity index (χ2n) is 6.12. The fraction of sp³-hybridized carbons (Fsp3) is 0.588. The molecule has 3 rings (SSSR count). The van der Waals surface area contributed by atoms with Crippen LogP contribution in [0.3, 0.4) is 0 Å². The van der Waals surface area contributed by atoms with E-state index in [1.807, 2.05) is 11.0 Å². The first kappa shape index (κ1) is 15.9. The van der Waals surface area contributed by atoms with E-state index in [1.54, 1.807) is 18.2 Å². The molecule has 2 aliphatic rings. The zero-order valence-electron chi connectivity index (χ0n) is 13.1. The molecule has 2 aliphatic heterocycles. The number of hydrogen-bond acceptors (Lipinski definition) is 5. The van der Waals surface area contributed by atoms with Gasteiger partial charge in [0.05, 0.1) is 0 Å². The number of piperidine rings is 1. The number of rotatable bonds is 4. The Balaban J connectivity index is 1.49. The summed E-state index contributed by atoms with van der Waals surface area (Å²) in [5, 5.41) is 2.92. The molecule has 2 fully saturated rings. The Hall–Kier alpha value is -1.95. The third-order valence-corrected chi connectivity index (χ3v) is 4.55. The Bertz CT molecular complexity index is 549. The average Bonchev–Trinajstić information content (AvgIpc) is 2.63. The van der Waals surface area contributed by atoms with E-state index in [9.17, 15) is 9.70 Å². The number of nitrogens with zero attached hydrogens (tertiary/aromatic N) is 2. The summed E-state index contributed by atoms with van der Waals surface area (Å²) >= 11 is 0. The molecular formula is C17H22N2O4. The lowest BCUT2D eigenvalue weighted by Gasteiger charge is -2.35. The molecule has 0 radical (unpaired) electrons. The zero-order valence-corrected chi connectivity index (χ0v) is 13.1. The maximum absolute atomic E-state index is 12.5. The minimum absolute atomic E-state index is 0.0793. The average molecular weight is 318 g/mol. The largest absolute Gasteiger partial charge is 0.490 e.